The lowest BCUT2D eigenvalue weighted by Gasteiger charge is -2.14. The zero-order valence-corrected chi connectivity index (χ0v) is 15.4. The minimum Gasteiger partial charge on any atom is -0.479 e. The Bertz CT molecular complexity index is 781. The van der Waals surface area contributed by atoms with E-state index in [1.54, 1.807) is 37.3 Å². The van der Waals surface area contributed by atoms with Gasteiger partial charge in [0.2, 0.25) is 0 Å². The first-order chi connectivity index (χ1) is 11.4. The summed E-state index contributed by atoms with van der Waals surface area (Å²) in [6.07, 6.45) is 0.650. The molecule has 0 spiro atoms. The number of benzene rings is 2. The van der Waals surface area contributed by atoms with Crippen molar-refractivity contribution in [3.8, 4) is 5.75 Å². The fourth-order valence-corrected chi connectivity index (χ4v) is 2.43. The smallest absolute Gasteiger partial charge is 0.280 e. The van der Waals surface area contributed by atoms with Crippen LogP contribution in [-0.2, 0) is 4.79 Å². The lowest BCUT2D eigenvalue weighted by molar-refractivity contribution is -0.127. The second-order valence-electron chi connectivity index (χ2n) is 4.74. The molecule has 1 atom stereocenters. The van der Waals surface area contributed by atoms with Crippen LogP contribution >= 0.6 is 46.4 Å². The Hall–Kier alpha value is -1.46. The molecule has 0 aromatic heterocycles. The van der Waals surface area contributed by atoms with Crippen LogP contribution in [-0.4, -0.2) is 18.2 Å². The summed E-state index contributed by atoms with van der Waals surface area (Å²) in [6.45, 7) is 1.58. The van der Waals surface area contributed by atoms with Crippen LogP contribution < -0.4 is 10.2 Å². The molecule has 8 heteroatoms. The van der Waals surface area contributed by atoms with E-state index in [1.165, 1.54) is 12.3 Å². The van der Waals surface area contributed by atoms with Crippen molar-refractivity contribution in [2.75, 3.05) is 0 Å². The molecule has 2 aromatic carbocycles. The number of carbonyl (C=O) groups is 1. The Morgan fingerprint density at radius 1 is 1.08 bits per heavy atom. The summed E-state index contributed by atoms with van der Waals surface area (Å²) in [7, 11) is 0. The van der Waals surface area contributed by atoms with Gasteiger partial charge in [0.05, 0.1) is 21.3 Å². The summed E-state index contributed by atoms with van der Waals surface area (Å²) in [6, 6.07) is 9.74. The highest BCUT2D eigenvalue weighted by Gasteiger charge is 2.15. The van der Waals surface area contributed by atoms with E-state index in [0.29, 0.717) is 31.4 Å². The molecule has 0 fully saturated rings. The molecular formula is C16H12Cl4N2O2. The van der Waals surface area contributed by atoms with Crippen molar-refractivity contribution in [2.24, 2.45) is 5.10 Å². The molecule has 1 N–H and O–H groups in total. The molecule has 126 valence electrons. The minimum absolute atomic E-state index is 0.321. The number of hydrazone groups is 1. The van der Waals surface area contributed by atoms with Crippen LogP contribution in [0, 0.1) is 0 Å². The molecule has 24 heavy (non-hydrogen) atoms. The SMILES string of the molecule is CC(Oc1ccc(Cl)cc1Cl)C(=O)NN=Cc1ccc(Cl)c(Cl)c1. The van der Waals surface area contributed by atoms with Gasteiger partial charge in [-0.2, -0.15) is 5.10 Å². The average molecular weight is 406 g/mol. The first-order valence-electron chi connectivity index (χ1n) is 6.76. The van der Waals surface area contributed by atoms with Crippen LogP contribution in [0.5, 0.6) is 5.75 Å². The van der Waals surface area contributed by atoms with Crippen LogP contribution in [0.3, 0.4) is 0 Å². The van der Waals surface area contributed by atoms with Gasteiger partial charge in [-0.1, -0.05) is 52.5 Å². The third-order valence-electron chi connectivity index (χ3n) is 2.90. The van der Waals surface area contributed by atoms with Crippen molar-refractivity contribution < 1.29 is 9.53 Å². The quantitative estimate of drug-likeness (QED) is 0.547. The predicted molar refractivity (Wildman–Crippen MR) is 98.8 cm³/mol. The van der Waals surface area contributed by atoms with Gasteiger partial charge in [-0.25, -0.2) is 5.43 Å². The van der Waals surface area contributed by atoms with Gasteiger partial charge in [0.25, 0.3) is 5.91 Å². The number of ether oxygens (including phenoxy) is 1. The summed E-state index contributed by atoms with van der Waals surface area (Å²) in [4.78, 5) is 12.0. The zero-order valence-electron chi connectivity index (χ0n) is 12.4. The molecule has 0 aliphatic heterocycles. The lowest BCUT2D eigenvalue weighted by atomic mass is 10.2. The third kappa shape index (κ3) is 5.28. The molecule has 0 saturated heterocycles. The maximum atomic E-state index is 12.0. The fraction of sp³-hybridized carbons (Fsp3) is 0.125. The van der Waals surface area contributed by atoms with Gasteiger partial charge in [-0.15, -0.1) is 0 Å². The molecular weight excluding hydrogens is 394 g/mol. The molecule has 0 radical (unpaired) electrons. The van der Waals surface area contributed by atoms with Crippen molar-refractivity contribution in [1.82, 2.24) is 5.43 Å². The standard InChI is InChI=1S/C16H12Cl4N2O2/c1-9(24-15-5-3-11(17)7-14(15)20)16(23)22-21-8-10-2-4-12(18)13(19)6-10/h2-9H,1H3,(H,22,23). The molecule has 0 aliphatic rings. The number of nitrogens with zero attached hydrogens (tertiary/aromatic N) is 1. The second-order valence-corrected chi connectivity index (χ2v) is 6.40. The van der Waals surface area contributed by atoms with Crippen molar-refractivity contribution in [3.63, 3.8) is 0 Å². The van der Waals surface area contributed by atoms with Gasteiger partial charge in [-0.05, 0) is 42.8 Å². The van der Waals surface area contributed by atoms with Gasteiger partial charge in [0.1, 0.15) is 5.75 Å². The fourth-order valence-electron chi connectivity index (χ4n) is 1.67. The van der Waals surface area contributed by atoms with E-state index in [1.807, 2.05) is 0 Å². The van der Waals surface area contributed by atoms with Crippen LogP contribution in [0.2, 0.25) is 20.1 Å². The van der Waals surface area contributed by atoms with E-state index in [-0.39, 0.29) is 0 Å². The Morgan fingerprint density at radius 2 is 1.83 bits per heavy atom. The highest BCUT2D eigenvalue weighted by atomic mass is 35.5. The number of halogens is 4. The molecule has 0 heterocycles. The summed E-state index contributed by atoms with van der Waals surface area (Å²) in [5, 5.41) is 5.50. The number of nitrogens with one attached hydrogen (secondary N) is 1. The molecule has 2 rings (SSSR count). The van der Waals surface area contributed by atoms with Gasteiger partial charge in [0.15, 0.2) is 6.10 Å². The number of rotatable bonds is 5. The molecule has 1 amide bonds. The molecule has 0 bridgehead atoms. The molecule has 0 aliphatic carbocycles. The maximum Gasteiger partial charge on any atom is 0.280 e. The van der Waals surface area contributed by atoms with Crippen LogP contribution in [0.4, 0.5) is 0 Å². The van der Waals surface area contributed by atoms with Gasteiger partial charge in [0, 0.05) is 5.02 Å². The Kier molecular flexibility index (Phi) is 6.75. The molecule has 1 unspecified atom stereocenters. The van der Waals surface area contributed by atoms with E-state index in [9.17, 15) is 4.79 Å². The highest BCUT2D eigenvalue weighted by molar-refractivity contribution is 6.42. The minimum atomic E-state index is -0.797. The molecule has 0 saturated carbocycles. The topological polar surface area (TPSA) is 50.7 Å². The van der Waals surface area contributed by atoms with Crippen LogP contribution in [0.25, 0.3) is 0 Å². The van der Waals surface area contributed by atoms with Gasteiger partial charge >= 0.3 is 0 Å². The number of carbonyl (C=O) groups excluding carboxylic acids is 1. The monoisotopic (exact) mass is 404 g/mol. The molecule has 4 nitrogen and oxygen atoms in total. The first-order valence-corrected chi connectivity index (χ1v) is 8.27. The van der Waals surface area contributed by atoms with Crippen molar-refractivity contribution >= 4 is 58.5 Å². The Morgan fingerprint density at radius 3 is 2.50 bits per heavy atom. The highest BCUT2D eigenvalue weighted by Crippen LogP contribution is 2.28. The average Bonchev–Trinajstić information content (AvgIpc) is 2.53. The van der Waals surface area contributed by atoms with Gasteiger partial charge in [-0.3, -0.25) is 4.79 Å². The van der Waals surface area contributed by atoms with E-state index in [4.69, 9.17) is 51.1 Å². The van der Waals surface area contributed by atoms with Gasteiger partial charge < -0.3 is 4.74 Å². The normalized spacial score (nSPS) is 12.2. The van der Waals surface area contributed by atoms with E-state index >= 15 is 0 Å². The number of hydrogen-bond acceptors (Lipinski definition) is 3. The Labute approximate surface area is 159 Å². The van der Waals surface area contributed by atoms with E-state index in [0.717, 1.165) is 0 Å². The maximum absolute atomic E-state index is 12.0. The number of amides is 1. The first kappa shape index (κ1) is 18.9. The lowest BCUT2D eigenvalue weighted by Crippen LogP contribution is -2.33. The number of hydrogen-bond donors (Lipinski definition) is 1. The Balaban J connectivity index is 1.93. The molecule has 2 aromatic rings. The summed E-state index contributed by atoms with van der Waals surface area (Å²) in [5.74, 6) is -0.0745. The third-order valence-corrected chi connectivity index (χ3v) is 4.17. The summed E-state index contributed by atoms with van der Waals surface area (Å²) in [5.41, 5.74) is 3.07. The van der Waals surface area contributed by atoms with Crippen LogP contribution in [0.1, 0.15) is 12.5 Å². The summed E-state index contributed by atoms with van der Waals surface area (Å²) < 4.78 is 5.48. The predicted octanol–water partition coefficient (Wildman–Crippen LogP) is 5.22. The largest absolute Gasteiger partial charge is 0.479 e. The summed E-state index contributed by atoms with van der Waals surface area (Å²) >= 11 is 23.5. The van der Waals surface area contributed by atoms with Crippen LogP contribution in [0.15, 0.2) is 41.5 Å². The van der Waals surface area contributed by atoms with Crippen molar-refractivity contribution in [1.29, 1.82) is 0 Å². The van der Waals surface area contributed by atoms with E-state index < -0.39 is 12.0 Å². The van der Waals surface area contributed by atoms with Crippen molar-refractivity contribution in [2.45, 2.75) is 13.0 Å². The second kappa shape index (κ2) is 8.58. The zero-order chi connectivity index (χ0) is 17.7. The van der Waals surface area contributed by atoms with Crippen molar-refractivity contribution in [3.05, 3.63) is 62.1 Å². The van der Waals surface area contributed by atoms with E-state index in [2.05, 4.69) is 10.5 Å².